The van der Waals surface area contributed by atoms with Gasteiger partial charge < -0.3 is 14.8 Å². The SMILES string of the molecule is COc1cccc2c1OC[C@H](NC(=O)CCc1cn[nH]c1)C2. The Labute approximate surface area is 128 Å². The Morgan fingerprint density at radius 1 is 1.55 bits per heavy atom. The zero-order chi connectivity index (χ0) is 15.4. The lowest BCUT2D eigenvalue weighted by Crippen LogP contribution is -2.42. The summed E-state index contributed by atoms with van der Waals surface area (Å²) >= 11 is 0. The number of rotatable bonds is 5. The van der Waals surface area contributed by atoms with Gasteiger partial charge in [-0.25, -0.2) is 0 Å². The van der Waals surface area contributed by atoms with Crippen LogP contribution >= 0.6 is 0 Å². The molecule has 0 saturated heterocycles. The van der Waals surface area contributed by atoms with Gasteiger partial charge in [0.1, 0.15) is 6.61 Å². The van der Waals surface area contributed by atoms with E-state index in [9.17, 15) is 4.79 Å². The summed E-state index contributed by atoms with van der Waals surface area (Å²) in [6.45, 7) is 0.463. The highest BCUT2D eigenvalue weighted by Crippen LogP contribution is 2.34. The third-order valence-electron chi connectivity index (χ3n) is 3.74. The van der Waals surface area contributed by atoms with Crippen molar-refractivity contribution in [1.82, 2.24) is 15.5 Å². The summed E-state index contributed by atoms with van der Waals surface area (Å²) in [5, 5.41) is 9.64. The standard InChI is InChI=1S/C16H19N3O3/c1-21-14-4-2-3-12-7-13(10-22-16(12)14)19-15(20)6-5-11-8-17-18-9-11/h2-4,8-9,13H,5-7,10H2,1H3,(H,17,18)(H,19,20)/t13-/m1/s1. The van der Waals surface area contributed by atoms with Crippen molar-refractivity contribution in [3.8, 4) is 11.5 Å². The maximum absolute atomic E-state index is 12.0. The molecule has 0 radical (unpaired) electrons. The van der Waals surface area contributed by atoms with E-state index in [1.54, 1.807) is 19.5 Å². The number of nitrogens with zero attached hydrogens (tertiary/aromatic N) is 1. The Morgan fingerprint density at radius 2 is 2.45 bits per heavy atom. The van der Waals surface area contributed by atoms with E-state index in [0.717, 1.165) is 29.0 Å². The summed E-state index contributed by atoms with van der Waals surface area (Å²) in [7, 11) is 1.63. The molecule has 0 bridgehead atoms. The van der Waals surface area contributed by atoms with Crippen molar-refractivity contribution in [3.63, 3.8) is 0 Å². The van der Waals surface area contributed by atoms with Gasteiger partial charge in [-0.1, -0.05) is 12.1 Å². The number of methoxy groups -OCH3 is 1. The zero-order valence-corrected chi connectivity index (χ0v) is 12.5. The van der Waals surface area contributed by atoms with Gasteiger partial charge in [0.15, 0.2) is 11.5 Å². The van der Waals surface area contributed by atoms with Crippen LogP contribution in [0.3, 0.4) is 0 Å². The fraction of sp³-hybridized carbons (Fsp3) is 0.375. The Bertz CT molecular complexity index is 640. The molecule has 1 aliphatic rings. The molecule has 2 heterocycles. The van der Waals surface area contributed by atoms with Gasteiger partial charge >= 0.3 is 0 Å². The molecule has 2 N–H and O–H groups in total. The average Bonchev–Trinajstić information content (AvgIpc) is 3.05. The van der Waals surface area contributed by atoms with E-state index in [0.29, 0.717) is 19.4 Å². The second-order valence-corrected chi connectivity index (χ2v) is 5.33. The molecule has 0 unspecified atom stereocenters. The van der Waals surface area contributed by atoms with Crippen LogP contribution in [0.5, 0.6) is 11.5 Å². The second kappa shape index (κ2) is 6.51. The van der Waals surface area contributed by atoms with Crippen LogP contribution < -0.4 is 14.8 Å². The number of aryl methyl sites for hydroxylation is 1. The second-order valence-electron chi connectivity index (χ2n) is 5.33. The lowest BCUT2D eigenvalue weighted by Gasteiger charge is -2.27. The lowest BCUT2D eigenvalue weighted by atomic mass is 10.0. The Morgan fingerprint density at radius 3 is 3.23 bits per heavy atom. The normalized spacial score (nSPS) is 16.5. The first-order valence-corrected chi connectivity index (χ1v) is 7.32. The molecule has 116 valence electrons. The van der Waals surface area contributed by atoms with Crippen molar-refractivity contribution in [2.45, 2.75) is 25.3 Å². The molecule has 0 saturated carbocycles. The Balaban J connectivity index is 1.55. The fourth-order valence-electron chi connectivity index (χ4n) is 2.62. The third kappa shape index (κ3) is 3.21. The van der Waals surface area contributed by atoms with Crippen LogP contribution in [-0.4, -0.2) is 35.9 Å². The summed E-state index contributed by atoms with van der Waals surface area (Å²) in [6.07, 6.45) is 5.42. The van der Waals surface area contributed by atoms with Crippen molar-refractivity contribution >= 4 is 5.91 Å². The van der Waals surface area contributed by atoms with Crippen molar-refractivity contribution < 1.29 is 14.3 Å². The summed E-state index contributed by atoms with van der Waals surface area (Å²) < 4.78 is 11.0. The lowest BCUT2D eigenvalue weighted by molar-refractivity contribution is -0.122. The number of nitrogens with one attached hydrogen (secondary N) is 2. The monoisotopic (exact) mass is 301 g/mol. The zero-order valence-electron chi connectivity index (χ0n) is 12.5. The quantitative estimate of drug-likeness (QED) is 0.877. The van der Waals surface area contributed by atoms with Crippen LogP contribution in [-0.2, 0) is 17.6 Å². The molecule has 22 heavy (non-hydrogen) atoms. The molecule has 0 spiro atoms. The number of ether oxygens (including phenoxy) is 2. The van der Waals surface area contributed by atoms with Crippen LogP contribution in [0.25, 0.3) is 0 Å². The average molecular weight is 301 g/mol. The molecule has 1 amide bonds. The van der Waals surface area contributed by atoms with Crippen LogP contribution in [0.15, 0.2) is 30.6 Å². The number of amides is 1. The Hall–Kier alpha value is -2.50. The number of aromatic amines is 1. The topological polar surface area (TPSA) is 76.2 Å². The third-order valence-corrected chi connectivity index (χ3v) is 3.74. The van der Waals surface area contributed by atoms with E-state index >= 15 is 0 Å². The van der Waals surface area contributed by atoms with Gasteiger partial charge in [-0.15, -0.1) is 0 Å². The smallest absolute Gasteiger partial charge is 0.220 e. The highest BCUT2D eigenvalue weighted by molar-refractivity contribution is 5.76. The first kappa shape index (κ1) is 14.4. The molecule has 0 aliphatic carbocycles. The number of carbonyl (C=O) groups is 1. The fourth-order valence-corrected chi connectivity index (χ4v) is 2.62. The summed E-state index contributed by atoms with van der Waals surface area (Å²) in [5.41, 5.74) is 2.09. The highest BCUT2D eigenvalue weighted by atomic mass is 16.5. The van der Waals surface area contributed by atoms with Crippen LogP contribution in [0.4, 0.5) is 0 Å². The number of fused-ring (bicyclic) bond motifs is 1. The minimum Gasteiger partial charge on any atom is -0.493 e. The van der Waals surface area contributed by atoms with Gasteiger partial charge in [-0.05, 0) is 24.5 Å². The summed E-state index contributed by atoms with van der Waals surface area (Å²) in [4.78, 5) is 12.0. The summed E-state index contributed by atoms with van der Waals surface area (Å²) in [5.74, 6) is 1.55. The number of aromatic nitrogens is 2. The first-order valence-electron chi connectivity index (χ1n) is 7.32. The molecule has 1 atom stereocenters. The van der Waals surface area contributed by atoms with Gasteiger partial charge in [0.2, 0.25) is 5.91 Å². The van der Waals surface area contributed by atoms with Gasteiger partial charge in [0, 0.05) is 18.2 Å². The Kier molecular flexibility index (Phi) is 4.27. The molecule has 6 heteroatoms. The predicted molar refractivity (Wildman–Crippen MR) is 81.0 cm³/mol. The van der Waals surface area contributed by atoms with Crippen molar-refractivity contribution in [1.29, 1.82) is 0 Å². The molecule has 6 nitrogen and oxygen atoms in total. The number of para-hydroxylation sites is 1. The van der Waals surface area contributed by atoms with Gasteiger partial charge in [-0.3, -0.25) is 9.89 Å². The molecule has 1 aliphatic heterocycles. The van der Waals surface area contributed by atoms with Crippen molar-refractivity contribution in [2.75, 3.05) is 13.7 Å². The maximum atomic E-state index is 12.0. The van der Waals surface area contributed by atoms with Crippen LogP contribution in [0, 0.1) is 0 Å². The predicted octanol–water partition coefficient (Wildman–Crippen LogP) is 1.47. The van der Waals surface area contributed by atoms with Gasteiger partial charge in [-0.2, -0.15) is 5.10 Å². The van der Waals surface area contributed by atoms with E-state index in [4.69, 9.17) is 9.47 Å². The molecule has 1 aromatic heterocycles. The van der Waals surface area contributed by atoms with E-state index in [1.165, 1.54) is 0 Å². The van der Waals surface area contributed by atoms with Crippen LogP contribution in [0.1, 0.15) is 17.5 Å². The maximum Gasteiger partial charge on any atom is 0.220 e. The molecule has 0 fully saturated rings. The number of hydrogen-bond donors (Lipinski definition) is 2. The molecular formula is C16H19N3O3. The van der Waals surface area contributed by atoms with E-state index < -0.39 is 0 Å². The summed E-state index contributed by atoms with van der Waals surface area (Å²) in [6, 6.07) is 5.81. The van der Waals surface area contributed by atoms with Gasteiger partial charge in [0.25, 0.3) is 0 Å². The number of hydrogen-bond acceptors (Lipinski definition) is 4. The largest absolute Gasteiger partial charge is 0.493 e. The number of H-pyrrole nitrogens is 1. The number of carbonyl (C=O) groups excluding carboxylic acids is 1. The molecular weight excluding hydrogens is 282 g/mol. The van der Waals surface area contributed by atoms with Crippen molar-refractivity contribution in [3.05, 3.63) is 41.7 Å². The van der Waals surface area contributed by atoms with E-state index in [-0.39, 0.29) is 11.9 Å². The molecule has 2 aromatic rings. The van der Waals surface area contributed by atoms with Crippen molar-refractivity contribution in [2.24, 2.45) is 0 Å². The highest BCUT2D eigenvalue weighted by Gasteiger charge is 2.23. The minimum absolute atomic E-state index is 0.00328. The number of benzene rings is 1. The van der Waals surface area contributed by atoms with E-state index in [2.05, 4.69) is 15.5 Å². The van der Waals surface area contributed by atoms with Crippen LogP contribution in [0.2, 0.25) is 0 Å². The van der Waals surface area contributed by atoms with E-state index in [1.807, 2.05) is 18.2 Å². The molecule has 3 rings (SSSR count). The van der Waals surface area contributed by atoms with Gasteiger partial charge in [0.05, 0.1) is 19.3 Å². The minimum atomic E-state index is -0.00328. The molecule has 1 aromatic carbocycles. The first-order chi connectivity index (χ1) is 10.8.